The predicted octanol–water partition coefficient (Wildman–Crippen LogP) is 3.38. The van der Waals surface area contributed by atoms with Crippen LogP contribution in [0.15, 0.2) is 41.8 Å². The number of benzene rings is 1. The van der Waals surface area contributed by atoms with E-state index in [2.05, 4.69) is 39.4 Å². The van der Waals surface area contributed by atoms with Crippen LogP contribution in [0.25, 0.3) is 0 Å². The lowest BCUT2D eigenvalue weighted by Crippen LogP contribution is -2.36. The molecule has 1 aromatic carbocycles. The molecule has 0 spiro atoms. The van der Waals surface area contributed by atoms with Gasteiger partial charge in [-0.1, -0.05) is 18.2 Å². The van der Waals surface area contributed by atoms with Crippen LogP contribution in [0, 0.1) is 0 Å². The van der Waals surface area contributed by atoms with E-state index in [0.29, 0.717) is 6.54 Å². The average Bonchev–Trinajstić information content (AvgIpc) is 3.29. The van der Waals surface area contributed by atoms with Gasteiger partial charge in [0.2, 0.25) is 0 Å². The number of hydrogen-bond acceptors (Lipinski definition) is 4. The van der Waals surface area contributed by atoms with E-state index in [1.54, 1.807) is 0 Å². The number of nitrogens with one attached hydrogen (secondary N) is 1. The van der Waals surface area contributed by atoms with Crippen LogP contribution in [-0.2, 0) is 0 Å². The summed E-state index contributed by atoms with van der Waals surface area (Å²) < 4.78 is 0. The van der Waals surface area contributed by atoms with Crippen molar-refractivity contribution in [2.24, 2.45) is 0 Å². The quantitative estimate of drug-likeness (QED) is 0.873. The van der Waals surface area contributed by atoms with Crippen LogP contribution < -0.4 is 10.2 Å². The lowest BCUT2D eigenvalue weighted by atomic mass is 10.0. The Hall–Kier alpha value is -1.85. The third kappa shape index (κ3) is 3.97. The lowest BCUT2D eigenvalue weighted by Gasteiger charge is -2.28. The first kappa shape index (κ1) is 17.0. The van der Waals surface area contributed by atoms with Gasteiger partial charge in [0.25, 0.3) is 5.91 Å². The first-order valence-corrected chi connectivity index (χ1v) is 9.36. The molecule has 2 heterocycles. The van der Waals surface area contributed by atoms with E-state index < -0.39 is 0 Å². The molecule has 128 valence electrons. The monoisotopic (exact) mass is 343 g/mol. The summed E-state index contributed by atoms with van der Waals surface area (Å²) in [5, 5.41) is 5.05. The Labute approximate surface area is 148 Å². The molecule has 1 aromatic heterocycles. The molecule has 1 amide bonds. The zero-order chi connectivity index (χ0) is 16.9. The van der Waals surface area contributed by atoms with Crippen molar-refractivity contribution >= 4 is 22.9 Å². The van der Waals surface area contributed by atoms with E-state index >= 15 is 0 Å². The molecular formula is C19H25N3OS. The SMILES string of the molecule is CN(C)c1ccc(C(CNC(=O)c2cccs2)N2CCCC2)cc1. The summed E-state index contributed by atoms with van der Waals surface area (Å²) in [6.07, 6.45) is 2.48. The maximum absolute atomic E-state index is 12.3. The molecule has 1 aliphatic rings. The second-order valence-electron chi connectivity index (χ2n) is 6.43. The molecule has 0 saturated carbocycles. The molecule has 0 bridgehead atoms. The van der Waals surface area contributed by atoms with E-state index in [4.69, 9.17) is 0 Å². The summed E-state index contributed by atoms with van der Waals surface area (Å²) in [5.74, 6) is 0.0270. The van der Waals surface area contributed by atoms with Gasteiger partial charge < -0.3 is 10.2 Å². The Bertz CT molecular complexity index is 646. The summed E-state index contributed by atoms with van der Waals surface area (Å²) in [6, 6.07) is 12.7. The number of nitrogens with zero attached hydrogens (tertiary/aromatic N) is 2. The van der Waals surface area contributed by atoms with Gasteiger partial charge in [0, 0.05) is 26.3 Å². The topological polar surface area (TPSA) is 35.6 Å². The molecule has 0 aliphatic carbocycles. The largest absolute Gasteiger partial charge is 0.378 e. The van der Waals surface area contributed by atoms with Crippen molar-refractivity contribution in [2.75, 3.05) is 38.6 Å². The van der Waals surface area contributed by atoms with Gasteiger partial charge in [-0.05, 0) is 55.1 Å². The standard InChI is InChI=1S/C19H25N3OS/c1-21(2)16-9-7-15(8-10-16)17(22-11-3-4-12-22)14-20-19(23)18-6-5-13-24-18/h5-10,13,17H,3-4,11-12,14H2,1-2H3,(H,20,23). The van der Waals surface area contributed by atoms with Crippen LogP contribution >= 0.6 is 11.3 Å². The van der Waals surface area contributed by atoms with Crippen molar-refractivity contribution in [2.45, 2.75) is 18.9 Å². The molecule has 24 heavy (non-hydrogen) atoms. The molecule has 1 saturated heterocycles. The highest BCUT2D eigenvalue weighted by molar-refractivity contribution is 7.12. The van der Waals surface area contributed by atoms with Crippen LogP contribution in [0.3, 0.4) is 0 Å². The smallest absolute Gasteiger partial charge is 0.261 e. The van der Waals surface area contributed by atoms with Gasteiger partial charge >= 0.3 is 0 Å². The Morgan fingerprint density at radius 2 is 1.92 bits per heavy atom. The van der Waals surface area contributed by atoms with Crippen LogP contribution in [0.5, 0.6) is 0 Å². The summed E-state index contributed by atoms with van der Waals surface area (Å²) in [5.41, 5.74) is 2.47. The zero-order valence-electron chi connectivity index (χ0n) is 14.4. The molecule has 1 N–H and O–H groups in total. The summed E-state index contributed by atoms with van der Waals surface area (Å²) in [7, 11) is 4.10. The predicted molar refractivity (Wildman–Crippen MR) is 101 cm³/mol. The van der Waals surface area contributed by atoms with E-state index in [1.165, 1.54) is 35.4 Å². The van der Waals surface area contributed by atoms with E-state index in [1.807, 2.05) is 31.6 Å². The number of anilines is 1. The van der Waals surface area contributed by atoms with Crippen molar-refractivity contribution in [1.29, 1.82) is 0 Å². The second kappa shape index (κ2) is 7.81. The van der Waals surface area contributed by atoms with Gasteiger partial charge in [0.15, 0.2) is 0 Å². The molecule has 4 nitrogen and oxygen atoms in total. The van der Waals surface area contributed by atoms with E-state index in [-0.39, 0.29) is 11.9 Å². The minimum atomic E-state index is 0.0270. The highest BCUT2D eigenvalue weighted by Crippen LogP contribution is 2.26. The van der Waals surface area contributed by atoms with Crippen LogP contribution in [0.1, 0.15) is 34.1 Å². The van der Waals surface area contributed by atoms with Crippen LogP contribution in [0.4, 0.5) is 5.69 Å². The second-order valence-corrected chi connectivity index (χ2v) is 7.38. The highest BCUT2D eigenvalue weighted by atomic mass is 32.1. The zero-order valence-corrected chi connectivity index (χ0v) is 15.2. The van der Waals surface area contributed by atoms with Gasteiger partial charge in [-0.2, -0.15) is 0 Å². The van der Waals surface area contributed by atoms with Crippen molar-refractivity contribution in [1.82, 2.24) is 10.2 Å². The van der Waals surface area contributed by atoms with Gasteiger partial charge in [-0.15, -0.1) is 11.3 Å². The van der Waals surface area contributed by atoms with Crippen molar-refractivity contribution in [3.63, 3.8) is 0 Å². The van der Waals surface area contributed by atoms with Gasteiger partial charge in [-0.25, -0.2) is 0 Å². The third-order valence-electron chi connectivity index (χ3n) is 4.58. The van der Waals surface area contributed by atoms with Crippen molar-refractivity contribution in [3.05, 3.63) is 52.2 Å². The van der Waals surface area contributed by atoms with Gasteiger partial charge in [-0.3, -0.25) is 9.69 Å². The fourth-order valence-corrected chi connectivity index (χ4v) is 3.83. The molecular weight excluding hydrogens is 318 g/mol. The molecule has 3 rings (SSSR count). The van der Waals surface area contributed by atoms with Crippen LogP contribution in [-0.4, -0.2) is 44.5 Å². The fourth-order valence-electron chi connectivity index (χ4n) is 3.19. The minimum absolute atomic E-state index is 0.0270. The highest BCUT2D eigenvalue weighted by Gasteiger charge is 2.24. The van der Waals surface area contributed by atoms with Crippen molar-refractivity contribution in [3.8, 4) is 0 Å². The fraction of sp³-hybridized carbons (Fsp3) is 0.421. The number of rotatable bonds is 6. The first-order valence-electron chi connectivity index (χ1n) is 8.48. The van der Waals surface area contributed by atoms with E-state index in [0.717, 1.165) is 18.0 Å². The maximum atomic E-state index is 12.3. The molecule has 2 aromatic rings. The number of amides is 1. The third-order valence-corrected chi connectivity index (χ3v) is 5.45. The molecule has 1 fully saturated rings. The van der Waals surface area contributed by atoms with E-state index in [9.17, 15) is 4.79 Å². The normalized spacial score (nSPS) is 16.1. The number of likely N-dealkylation sites (tertiary alicyclic amines) is 1. The minimum Gasteiger partial charge on any atom is -0.378 e. The Morgan fingerprint density at radius 3 is 2.50 bits per heavy atom. The Balaban J connectivity index is 1.72. The summed E-state index contributed by atoms with van der Waals surface area (Å²) in [6.45, 7) is 2.86. The molecule has 1 aliphatic heterocycles. The number of carbonyl (C=O) groups is 1. The first-order chi connectivity index (χ1) is 11.6. The molecule has 1 unspecified atom stereocenters. The number of thiophene rings is 1. The van der Waals surface area contributed by atoms with Gasteiger partial charge in [0.1, 0.15) is 0 Å². The van der Waals surface area contributed by atoms with Crippen LogP contribution in [0.2, 0.25) is 0 Å². The van der Waals surface area contributed by atoms with Gasteiger partial charge in [0.05, 0.1) is 10.9 Å². The molecule has 1 atom stereocenters. The summed E-state index contributed by atoms with van der Waals surface area (Å²) >= 11 is 1.48. The molecule has 0 radical (unpaired) electrons. The van der Waals surface area contributed by atoms with Crippen molar-refractivity contribution < 1.29 is 4.79 Å². The Morgan fingerprint density at radius 1 is 1.21 bits per heavy atom. The molecule has 5 heteroatoms. The Kier molecular flexibility index (Phi) is 5.53. The number of carbonyl (C=O) groups excluding carboxylic acids is 1. The summed E-state index contributed by atoms with van der Waals surface area (Å²) in [4.78, 5) is 17.6. The number of hydrogen-bond donors (Lipinski definition) is 1. The maximum Gasteiger partial charge on any atom is 0.261 e. The lowest BCUT2D eigenvalue weighted by molar-refractivity contribution is 0.0942. The average molecular weight is 343 g/mol.